The number of fused-ring (bicyclic) bond motifs is 1. The molecule has 2 amide bonds. The second-order valence-corrected chi connectivity index (χ2v) is 8.67. The number of hydrogen-bond acceptors (Lipinski definition) is 4. The van der Waals surface area contributed by atoms with Gasteiger partial charge in [0.25, 0.3) is 11.8 Å². The van der Waals surface area contributed by atoms with E-state index in [1.807, 2.05) is 55.5 Å². The quantitative estimate of drug-likeness (QED) is 0.351. The van der Waals surface area contributed by atoms with Gasteiger partial charge >= 0.3 is 0 Å². The fourth-order valence-corrected chi connectivity index (χ4v) is 4.76. The fourth-order valence-electron chi connectivity index (χ4n) is 3.32. The third-order valence-corrected chi connectivity index (χ3v) is 6.75. The summed E-state index contributed by atoms with van der Waals surface area (Å²) in [7, 11) is 1.59. The lowest BCUT2D eigenvalue weighted by molar-refractivity contribution is 0.0939. The highest BCUT2D eigenvalue weighted by molar-refractivity contribution is 7.21. The Morgan fingerprint density at radius 2 is 1.69 bits per heavy atom. The van der Waals surface area contributed by atoms with Crippen molar-refractivity contribution < 1.29 is 14.3 Å². The molecule has 0 spiro atoms. The first-order chi connectivity index (χ1) is 15.5. The number of hydrogen-bond donors (Lipinski definition) is 2. The molecule has 0 aliphatic carbocycles. The summed E-state index contributed by atoms with van der Waals surface area (Å²) in [6, 6.07) is 21.9. The van der Waals surface area contributed by atoms with E-state index < -0.39 is 0 Å². The Morgan fingerprint density at radius 1 is 0.969 bits per heavy atom. The van der Waals surface area contributed by atoms with Crippen molar-refractivity contribution in [1.82, 2.24) is 5.32 Å². The highest BCUT2D eigenvalue weighted by Gasteiger charge is 2.18. The van der Waals surface area contributed by atoms with Gasteiger partial charge in [-0.05, 0) is 55.0 Å². The molecule has 3 aromatic carbocycles. The number of anilines is 1. The highest BCUT2D eigenvalue weighted by Crippen LogP contribution is 2.37. The Balaban J connectivity index is 1.44. The van der Waals surface area contributed by atoms with Crippen LogP contribution in [0.5, 0.6) is 5.75 Å². The number of nitrogens with one attached hydrogen (secondary N) is 2. The van der Waals surface area contributed by atoms with E-state index >= 15 is 0 Å². The van der Waals surface area contributed by atoms with E-state index in [0.717, 1.165) is 15.6 Å². The topological polar surface area (TPSA) is 67.4 Å². The summed E-state index contributed by atoms with van der Waals surface area (Å²) < 4.78 is 6.11. The summed E-state index contributed by atoms with van der Waals surface area (Å²) in [5, 5.41) is 7.04. The third kappa shape index (κ3) is 4.61. The summed E-state index contributed by atoms with van der Waals surface area (Å²) >= 11 is 7.74. The molecule has 0 saturated carbocycles. The molecule has 32 heavy (non-hydrogen) atoms. The van der Waals surface area contributed by atoms with Crippen LogP contribution in [0.4, 0.5) is 5.69 Å². The van der Waals surface area contributed by atoms with E-state index in [2.05, 4.69) is 10.6 Å². The zero-order valence-corrected chi connectivity index (χ0v) is 19.1. The fraction of sp³-hybridized carbons (Fsp3) is 0.120. The maximum Gasteiger partial charge on any atom is 0.267 e. The van der Waals surface area contributed by atoms with Crippen LogP contribution in [-0.4, -0.2) is 18.9 Å². The maximum absolute atomic E-state index is 12.8. The summed E-state index contributed by atoms with van der Waals surface area (Å²) in [6.07, 6.45) is 0. The van der Waals surface area contributed by atoms with Crippen molar-refractivity contribution >= 4 is 50.5 Å². The summed E-state index contributed by atoms with van der Waals surface area (Å²) in [5.74, 6) is 0.226. The predicted molar refractivity (Wildman–Crippen MR) is 130 cm³/mol. The standard InChI is InChI=1S/C25H21ClN2O3S/c1-15(16-6-4-3-5-7-16)27-24(29)17-8-10-18(11-9-17)28-25(30)23-22(26)20-13-12-19(31-2)14-21(20)32-23/h3-15H,1-2H3,(H,27,29)(H,28,30). The first-order valence-electron chi connectivity index (χ1n) is 9.99. The van der Waals surface area contributed by atoms with Crippen molar-refractivity contribution in [3.63, 3.8) is 0 Å². The van der Waals surface area contributed by atoms with Crippen molar-refractivity contribution in [2.45, 2.75) is 13.0 Å². The summed E-state index contributed by atoms with van der Waals surface area (Å²) in [6.45, 7) is 1.94. The van der Waals surface area contributed by atoms with Crippen molar-refractivity contribution in [2.75, 3.05) is 12.4 Å². The number of halogens is 1. The van der Waals surface area contributed by atoms with E-state index in [-0.39, 0.29) is 17.9 Å². The number of carbonyl (C=O) groups excluding carboxylic acids is 2. The van der Waals surface area contributed by atoms with E-state index in [9.17, 15) is 9.59 Å². The largest absolute Gasteiger partial charge is 0.497 e. The van der Waals surface area contributed by atoms with Gasteiger partial charge < -0.3 is 15.4 Å². The number of thiophene rings is 1. The second kappa shape index (κ2) is 9.42. The third-order valence-electron chi connectivity index (χ3n) is 5.09. The van der Waals surface area contributed by atoms with Gasteiger partial charge in [-0.2, -0.15) is 0 Å². The minimum Gasteiger partial charge on any atom is -0.497 e. The van der Waals surface area contributed by atoms with Crippen LogP contribution >= 0.6 is 22.9 Å². The molecule has 5 nitrogen and oxygen atoms in total. The normalized spacial score (nSPS) is 11.7. The highest BCUT2D eigenvalue weighted by atomic mass is 35.5. The van der Waals surface area contributed by atoms with Gasteiger partial charge in [0.15, 0.2) is 0 Å². The molecule has 2 N–H and O–H groups in total. The average Bonchev–Trinajstić information content (AvgIpc) is 3.15. The Kier molecular flexibility index (Phi) is 6.44. The molecular formula is C25H21ClN2O3S. The van der Waals surface area contributed by atoms with Crippen LogP contribution in [0.15, 0.2) is 72.8 Å². The summed E-state index contributed by atoms with van der Waals surface area (Å²) in [4.78, 5) is 25.8. The number of ether oxygens (including phenoxy) is 1. The molecule has 162 valence electrons. The van der Waals surface area contributed by atoms with E-state index in [4.69, 9.17) is 16.3 Å². The molecule has 0 saturated heterocycles. The number of methoxy groups -OCH3 is 1. The van der Waals surface area contributed by atoms with Gasteiger partial charge in [0.1, 0.15) is 10.6 Å². The Labute approximate surface area is 195 Å². The number of carbonyl (C=O) groups is 2. The van der Waals surface area contributed by atoms with Gasteiger partial charge in [-0.25, -0.2) is 0 Å². The van der Waals surface area contributed by atoms with Crippen molar-refractivity contribution in [3.05, 3.63) is 93.8 Å². The van der Waals surface area contributed by atoms with Crippen LogP contribution in [0.2, 0.25) is 5.02 Å². The minimum atomic E-state index is -0.301. The van der Waals surface area contributed by atoms with Gasteiger partial charge in [0, 0.05) is 21.3 Å². The Hall–Kier alpha value is -3.35. The molecule has 0 aliphatic rings. The van der Waals surface area contributed by atoms with Gasteiger partial charge in [-0.3, -0.25) is 9.59 Å². The zero-order chi connectivity index (χ0) is 22.7. The number of rotatable bonds is 6. The molecule has 1 heterocycles. The smallest absolute Gasteiger partial charge is 0.267 e. The molecule has 1 atom stereocenters. The van der Waals surface area contributed by atoms with Crippen molar-refractivity contribution in [1.29, 1.82) is 0 Å². The lowest BCUT2D eigenvalue weighted by atomic mass is 10.1. The monoisotopic (exact) mass is 464 g/mol. The maximum atomic E-state index is 12.8. The molecule has 4 aromatic rings. The molecular weight excluding hydrogens is 444 g/mol. The first-order valence-corrected chi connectivity index (χ1v) is 11.2. The minimum absolute atomic E-state index is 0.114. The molecule has 0 aliphatic heterocycles. The van der Waals surface area contributed by atoms with Gasteiger partial charge in [0.2, 0.25) is 0 Å². The molecule has 4 rings (SSSR count). The molecule has 0 fully saturated rings. The van der Waals surface area contributed by atoms with Crippen LogP contribution in [0, 0.1) is 0 Å². The number of amides is 2. The second-order valence-electron chi connectivity index (χ2n) is 7.24. The lowest BCUT2D eigenvalue weighted by Crippen LogP contribution is -2.26. The molecule has 0 bridgehead atoms. The van der Waals surface area contributed by atoms with Crippen LogP contribution < -0.4 is 15.4 Å². The Bertz CT molecular complexity index is 1270. The summed E-state index contributed by atoms with van der Waals surface area (Å²) in [5.41, 5.74) is 2.12. The number of benzene rings is 3. The van der Waals surface area contributed by atoms with Crippen molar-refractivity contribution in [3.8, 4) is 5.75 Å². The predicted octanol–water partition coefficient (Wildman–Crippen LogP) is 6.31. The average molecular weight is 465 g/mol. The van der Waals surface area contributed by atoms with Gasteiger partial charge in [0.05, 0.1) is 18.2 Å². The molecule has 1 aromatic heterocycles. The zero-order valence-electron chi connectivity index (χ0n) is 17.5. The van der Waals surface area contributed by atoms with Gasteiger partial charge in [-0.1, -0.05) is 41.9 Å². The van der Waals surface area contributed by atoms with Crippen molar-refractivity contribution in [2.24, 2.45) is 0 Å². The Morgan fingerprint density at radius 3 is 2.38 bits per heavy atom. The molecule has 1 unspecified atom stereocenters. The van der Waals surface area contributed by atoms with Crippen LogP contribution in [0.25, 0.3) is 10.1 Å². The van der Waals surface area contributed by atoms with E-state index in [1.165, 1.54) is 11.3 Å². The van der Waals surface area contributed by atoms with Gasteiger partial charge in [-0.15, -0.1) is 11.3 Å². The SMILES string of the molecule is COc1ccc2c(Cl)c(C(=O)Nc3ccc(C(=O)NC(C)c4ccccc4)cc3)sc2c1. The first kappa shape index (κ1) is 21.9. The van der Waals surface area contributed by atoms with E-state index in [1.54, 1.807) is 31.4 Å². The molecule has 7 heteroatoms. The van der Waals surface area contributed by atoms with Crippen LogP contribution in [0.1, 0.15) is 38.6 Å². The molecule has 0 radical (unpaired) electrons. The van der Waals surface area contributed by atoms with E-state index in [0.29, 0.717) is 26.9 Å². The van der Waals surface area contributed by atoms with Crippen LogP contribution in [-0.2, 0) is 0 Å². The van der Waals surface area contributed by atoms with Crippen LogP contribution in [0.3, 0.4) is 0 Å². The lowest BCUT2D eigenvalue weighted by Gasteiger charge is -2.14.